The Balaban J connectivity index is 1.49. The Kier molecular flexibility index (Phi) is 6.40. The minimum Gasteiger partial charge on any atom is -0.435 e. The van der Waals surface area contributed by atoms with Crippen LogP contribution in [0.4, 0.5) is 8.78 Å². The van der Waals surface area contributed by atoms with E-state index >= 15 is 0 Å². The topological polar surface area (TPSA) is 68.5 Å². The van der Waals surface area contributed by atoms with E-state index in [9.17, 15) is 13.6 Å². The molecule has 27 heavy (non-hydrogen) atoms. The minimum atomic E-state index is -2.86. The van der Waals surface area contributed by atoms with Crippen LogP contribution in [-0.4, -0.2) is 40.4 Å². The fourth-order valence-electron chi connectivity index (χ4n) is 2.14. The van der Waals surface area contributed by atoms with E-state index in [1.807, 2.05) is 17.5 Å². The largest absolute Gasteiger partial charge is 0.435 e. The monoisotopic (exact) mass is 411 g/mol. The van der Waals surface area contributed by atoms with E-state index in [1.165, 1.54) is 28.4 Å². The molecule has 2 aromatic heterocycles. The molecule has 1 aromatic carbocycles. The second-order valence-corrected chi connectivity index (χ2v) is 7.29. The van der Waals surface area contributed by atoms with Crippen LogP contribution in [0.3, 0.4) is 0 Å². The van der Waals surface area contributed by atoms with Gasteiger partial charge in [-0.25, -0.2) is 0 Å². The number of hydrogen-bond acceptors (Lipinski definition) is 7. The highest BCUT2D eigenvalue weighted by Gasteiger charge is 2.14. The van der Waals surface area contributed by atoms with Gasteiger partial charge in [0.05, 0.1) is 10.6 Å². The van der Waals surface area contributed by atoms with Gasteiger partial charge in [0, 0.05) is 13.6 Å². The normalized spacial score (nSPS) is 11.0. The molecule has 6 nitrogen and oxygen atoms in total. The highest BCUT2D eigenvalue weighted by atomic mass is 32.2. The first-order valence-corrected chi connectivity index (χ1v) is 9.65. The molecule has 0 aliphatic rings. The molecule has 3 aromatic rings. The summed E-state index contributed by atoms with van der Waals surface area (Å²) in [5, 5.41) is 10.1. The van der Waals surface area contributed by atoms with Crippen LogP contribution in [0.5, 0.6) is 5.75 Å². The Morgan fingerprint density at radius 1 is 1.30 bits per heavy atom. The van der Waals surface area contributed by atoms with E-state index in [1.54, 1.807) is 19.2 Å². The SMILES string of the molecule is CN(Cc1ccc(OC(F)F)cc1)C(=O)CSc1nnc(-c2cccs2)o1. The van der Waals surface area contributed by atoms with Crippen molar-refractivity contribution in [2.24, 2.45) is 0 Å². The number of ether oxygens (including phenoxy) is 1. The first-order valence-electron chi connectivity index (χ1n) is 7.79. The number of rotatable bonds is 8. The lowest BCUT2D eigenvalue weighted by molar-refractivity contribution is -0.127. The number of thioether (sulfide) groups is 1. The van der Waals surface area contributed by atoms with E-state index in [2.05, 4.69) is 14.9 Å². The second kappa shape index (κ2) is 8.96. The maximum atomic E-state index is 12.3. The van der Waals surface area contributed by atoms with Crippen LogP contribution in [-0.2, 0) is 11.3 Å². The number of hydrogen-bond donors (Lipinski definition) is 0. The quantitative estimate of drug-likeness (QED) is 0.519. The van der Waals surface area contributed by atoms with Crippen LogP contribution >= 0.6 is 23.1 Å². The third-order valence-corrected chi connectivity index (χ3v) is 5.11. The predicted octanol–water partition coefficient (Wildman–Crippen LogP) is 4.15. The van der Waals surface area contributed by atoms with Gasteiger partial charge in [0.1, 0.15) is 5.75 Å². The number of halogens is 2. The smallest absolute Gasteiger partial charge is 0.387 e. The molecule has 0 radical (unpaired) electrons. The summed E-state index contributed by atoms with van der Waals surface area (Å²) in [5.74, 6) is 0.536. The molecule has 0 spiro atoms. The summed E-state index contributed by atoms with van der Waals surface area (Å²) in [7, 11) is 1.66. The summed E-state index contributed by atoms with van der Waals surface area (Å²) in [6, 6.07) is 9.93. The number of carbonyl (C=O) groups excluding carboxylic acids is 1. The third-order valence-electron chi connectivity index (χ3n) is 3.45. The summed E-state index contributed by atoms with van der Waals surface area (Å²) in [5.41, 5.74) is 0.801. The summed E-state index contributed by atoms with van der Waals surface area (Å²) in [4.78, 5) is 14.7. The number of nitrogens with zero attached hydrogens (tertiary/aromatic N) is 3. The summed E-state index contributed by atoms with van der Waals surface area (Å²) >= 11 is 2.66. The number of alkyl halides is 2. The molecule has 3 rings (SSSR count). The highest BCUT2D eigenvalue weighted by Crippen LogP contribution is 2.26. The van der Waals surface area contributed by atoms with Crippen LogP contribution in [0, 0.1) is 0 Å². The second-order valence-electron chi connectivity index (χ2n) is 5.41. The summed E-state index contributed by atoms with van der Waals surface area (Å²) in [6.07, 6.45) is 0. The van der Waals surface area contributed by atoms with Gasteiger partial charge in [-0.2, -0.15) is 8.78 Å². The first-order chi connectivity index (χ1) is 13.0. The molecular formula is C17H15F2N3O3S2. The zero-order valence-electron chi connectivity index (χ0n) is 14.2. The van der Waals surface area contributed by atoms with Crippen molar-refractivity contribution in [3.05, 3.63) is 47.3 Å². The van der Waals surface area contributed by atoms with E-state index in [4.69, 9.17) is 4.42 Å². The maximum absolute atomic E-state index is 12.3. The molecule has 0 atom stereocenters. The standard InChI is InChI=1S/C17H15F2N3O3S2/c1-22(9-11-4-6-12(7-5-11)24-16(18)19)14(23)10-27-17-21-20-15(25-17)13-3-2-8-26-13/h2-8,16H,9-10H2,1H3. The molecule has 0 aliphatic carbocycles. The lowest BCUT2D eigenvalue weighted by atomic mass is 10.2. The number of carbonyl (C=O) groups is 1. The molecule has 0 fully saturated rings. The molecule has 0 saturated heterocycles. The average Bonchev–Trinajstić information content (AvgIpc) is 3.32. The molecule has 142 valence electrons. The Hall–Kier alpha value is -2.46. The van der Waals surface area contributed by atoms with E-state index in [0.29, 0.717) is 17.7 Å². The van der Waals surface area contributed by atoms with Crippen LogP contribution in [0.1, 0.15) is 5.56 Å². The van der Waals surface area contributed by atoms with Crippen LogP contribution < -0.4 is 4.74 Å². The van der Waals surface area contributed by atoms with Gasteiger partial charge in [-0.3, -0.25) is 4.79 Å². The molecule has 0 bridgehead atoms. The van der Waals surface area contributed by atoms with Crippen LogP contribution in [0.2, 0.25) is 0 Å². The maximum Gasteiger partial charge on any atom is 0.387 e. The summed E-state index contributed by atoms with van der Waals surface area (Å²) < 4.78 is 34.1. The van der Waals surface area contributed by atoms with Crippen LogP contribution in [0.25, 0.3) is 10.8 Å². The average molecular weight is 411 g/mol. The first kappa shape index (κ1) is 19.3. The zero-order chi connectivity index (χ0) is 19.2. The summed E-state index contributed by atoms with van der Waals surface area (Å²) in [6.45, 7) is -2.51. The molecule has 0 aliphatic heterocycles. The van der Waals surface area contributed by atoms with Crippen molar-refractivity contribution >= 4 is 29.0 Å². The van der Waals surface area contributed by atoms with E-state index in [0.717, 1.165) is 22.2 Å². The van der Waals surface area contributed by atoms with Crippen molar-refractivity contribution < 1.29 is 22.7 Å². The Morgan fingerprint density at radius 2 is 2.07 bits per heavy atom. The Labute approximate surface area is 162 Å². The van der Waals surface area contributed by atoms with Crippen molar-refractivity contribution in [1.82, 2.24) is 15.1 Å². The molecule has 0 unspecified atom stereocenters. The van der Waals surface area contributed by atoms with Gasteiger partial charge >= 0.3 is 6.61 Å². The molecule has 2 heterocycles. The fraction of sp³-hybridized carbons (Fsp3) is 0.235. The zero-order valence-corrected chi connectivity index (χ0v) is 15.8. The Bertz CT molecular complexity index is 870. The van der Waals surface area contributed by atoms with Crippen molar-refractivity contribution in [1.29, 1.82) is 0 Å². The lowest BCUT2D eigenvalue weighted by Gasteiger charge is -2.17. The number of aromatic nitrogens is 2. The van der Waals surface area contributed by atoms with Gasteiger partial charge in [-0.05, 0) is 29.1 Å². The van der Waals surface area contributed by atoms with Gasteiger partial charge < -0.3 is 14.1 Å². The van der Waals surface area contributed by atoms with Gasteiger partial charge in [-0.15, -0.1) is 21.5 Å². The lowest BCUT2D eigenvalue weighted by Crippen LogP contribution is -2.27. The molecule has 0 saturated carbocycles. The van der Waals surface area contributed by atoms with Crippen molar-refractivity contribution in [2.45, 2.75) is 18.4 Å². The predicted molar refractivity (Wildman–Crippen MR) is 97.9 cm³/mol. The number of amides is 1. The third kappa shape index (κ3) is 5.51. The van der Waals surface area contributed by atoms with Crippen molar-refractivity contribution in [3.8, 4) is 16.5 Å². The van der Waals surface area contributed by atoms with E-state index < -0.39 is 6.61 Å². The molecule has 0 N–H and O–H groups in total. The van der Waals surface area contributed by atoms with Gasteiger partial charge in [0.2, 0.25) is 5.91 Å². The van der Waals surface area contributed by atoms with Gasteiger partial charge in [0.25, 0.3) is 11.1 Å². The van der Waals surface area contributed by atoms with E-state index in [-0.39, 0.29) is 17.4 Å². The number of benzene rings is 1. The number of thiophene rings is 1. The Morgan fingerprint density at radius 3 is 2.74 bits per heavy atom. The highest BCUT2D eigenvalue weighted by molar-refractivity contribution is 7.99. The van der Waals surface area contributed by atoms with Gasteiger partial charge in [0.15, 0.2) is 0 Å². The van der Waals surface area contributed by atoms with Crippen LogP contribution in [0.15, 0.2) is 51.4 Å². The molecular weight excluding hydrogens is 396 g/mol. The van der Waals surface area contributed by atoms with Gasteiger partial charge in [-0.1, -0.05) is 30.0 Å². The fourth-order valence-corrected chi connectivity index (χ4v) is 3.49. The van der Waals surface area contributed by atoms with Crippen molar-refractivity contribution in [3.63, 3.8) is 0 Å². The van der Waals surface area contributed by atoms with Crippen molar-refractivity contribution in [2.75, 3.05) is 12.8 Å². The molecule has 10 heteroatoms. The minimum absolute atomic E-state index is 0.0798. The molecule has 1 amide bonds.